The van der Waals surface area contributed by atoms with Gasteiger partial charge >= 0.3 is 0 Å². The maximum absolute atomic E-state index is 10.3. The van der Waals surface area contributed by atoms with Crippen LogP contribution in [0.1, 0.15) is 81.7 Å². The molecule has 2 aliphatic carbocycles. The molecule has 4 aromatic rings. The van der Waals surface area contributed by atoms with Gasteiger partial charge in [-0.15, -0.1) is 0 Å². The topological polar surface area (TPSA) is 32.3 Å². The third-order valence-corrected chi connectivity index (χ3v) is 11.0. The van der Waals surface area contributed by atoms with Gasteiger partial charge in [0.15, 0.2) is 0 Å². The van der Waals surface area contributed by atoms with E-state index in [-0.39, 0.29) is 6.61 Å². The lowest BCUT2D eigenvalue weighted by atomic mass is 9.71. The molecule has 0 radical (unpaired) electrons. The summed E-state index contributed by atoms with van der Waals surface area (Å²) >= 11 is 2.17. The first kappa shape index (κ1) is 21.5. The molecule has 5 atom stereocenters. The highest BCUT2D eigenvalue weighted by atomic mass is 32.2. The van der Waals surface area contributed by atoms with Crippen molar-refractivity contribution in [2.24, 2.45) is 0 Å². The second kappa shape index (κ2) is 8.21. The minimum Gasteiger partial charge on any atom is -0.392 e. The van der Waals surface area contributed by atoms with Crippen LogP contribution in [0.2, 0.25) is 0 Å². The van der Waals surface area contributed by atoms with Gasteiger partial charge in [0.25, 0.3) is 0 Å². The molecule has 5 unspecified atom stereocenters. The van der Waals surface area contributed by atoms with Gasteiger partial charge in [-0.1, -0.05) is 72.8 Å². The zero-order chi connectivity index (χ0) is 23.8. The van der Waals surface area contributed by atoms with Gasteiger partial charge in [0.05, 0.1) is 6.61 Å². The second-order valence-corrected chi connectivity index (χ2v) is 12.4. The van der Waals surface area contributed by atoms with Crippen LogP contribution in [-0.2, 0) is 6.61 Å². The molecule has 36 heavy (non-hydrogen) atoms. The Morgan fingerprint density at radius 3 is 2.64 bits per heavy atom. The summed E-state index contributed by atoms with van der Waals surface area (Å²) in [5.74, 6) is 3.14. The maximum atomic E-state index is 10.3. The number of aliphatic hydroxyl groups excluding tert-OH is 1. The summed E-state index contributed by atoms with van der Waals surface area (Å²) in [5.41, 5.74) is 11.3. The van der Waals surface area contributed by atoms with Crippen molar-refractivity contribution in [3.05, 3.63) is 106 Å². The minimum atomic E-state index is 0.0623. The van der Waals surface area contributed by atoms with Crippen LogP contribution in [0, 0.1) is 0 Å². The Balaban J connectivity index is 1.17. The van der Waals surface area contributed by atoms with Crippen molar-refractivity contribution >= 4 is 22.5 Å². The molecule has 4 heterocycles. The highest BCUT2D eigenvalue weighted by Gasteiger charge is 2.42. The van der Waals surface area contributed by atoms with E-state index in [0.717, 1.165) is 17.5 Å². The van der Waals surface area contributed by atoms with E-state index < -0.39 is 0 Å². The van der Waals surface area contributed by atoms with E-state index in [4.69, 9.17) is 0 Å². The number of thioether (sulfide) groups is 1. The molecule has 0 amide bonds. The molecule has 0 spiro atoms. The first-order valence-electron chi connectivity index (χ1n) is 13.5. The number of fused-ring (bicyclic) bond motifs is 5. The molecular formula is C33H31NOS. The summed E-state index contributed by atoms with van der Waals surface area (Å²) in [7, 11) is 0. The number of hydrogen-bond acceptors (Lipinski definition) is 3. The molecule has 180 valence electrons. The third-order valence-electron chi connectivity index (χ3n) is 9.49. The summed E-state index contributed by atoms with van der Waals surface area (Å²) in [6.45, 7) is 1.22. The first-order chi connectivity index (χ1) is 17.8. The fourth-order valence-corrected chi connectivity index (χ4v) is 9.33. The van der Waals surface area contributed by atoms with Crippen LogP contribution in [0.25, 0.3) is 21.9 Å². The lowest BCUT2D eigenvalue weighted by molar-refractivity contribution is 0.284. The van der Waals surface area contributed by atoms with E-state index in [9.17, 15) is 5.11 Å². The van der Waals surface area contributed by atoms with Crippen LogP contribution >= 0.6 is 11.8 Å². The quantitative estimate of drug-likeness (QED) is 0.311. The Morgan fingerprint density at radius 1 is 0.833 bits per heavy atom. The van der Waals surface area contributed by atoms with Crippen LogP contribution in [0.4, 0.5) is 0 Å². The summed E-state index contributed by atoms with van der Waals surface area (Å²) in [4.78, 5) is 0. The Morgan fingerprint density at radius 2 is 1.75 bits per heavy atom. The highest BCUT2D eigenvalue weighted by molar-refractivity contribution is 7.99. The Hall–Kier alpha value is -2.59. The average molecular weight is 490 g/mol. The van der Waals surface area contributed by atoms with Gasteiger partial charge in [-0.05, 0) is 86.4 Å². The van der Waals surface area contributed by atoms with E-state index in [1.807, 2.05) is 0 Å². The molecule has 3 heteroatoms. The fourth-order valence-electron chi connectivity index (χ4n) is 7.68. The van der Waals surface area contributed by atoms with Gasteiger partial charge in [-0.2, -0.15) is 11.8 Å². The van der Waals surface area contributed by atoms with Gasteiger partial charge in [-0.25, -0.2) is 0 Å². The number of aliphatic hydroxyl groups is 1. The van der Waals surface area contributed by atoms with Gasteiger partial charge in [0.1, 0.15) is 0 Å². The first-order valence-corrected chi connectivity index (χ1v) is 14.6. The largest absolute Gasteiger partial charge is 0.392 e. The SMILES string of the molecule is OCc1c(-c2ccc3c(c2)C2CSC3C(c3ccc4c(c3)C3CCC4CN3)C2)ccc2ccccc12. The molecule has 0 aromatic heterocycles. The van der Waals surface area contributed by atoms with E-state index >= 15 is 0 Å². The molecule has 0 saturated carbocycles. The Bertz CT molecular complexity index is 1500. The average Bonchev–Trinajstić information content (AvgIpc) is 2.97. The number of hydrogen-bond donors (Lipinski definition) is 2. The zero-order valence-electron chi connectivity index (χ0n) is 20.4. The van der Waals surface area contributed by atoms with Crippen molar-refractivity contribution in [2.45, 2.75) is 54.9 Å². The van der Waals surface area contributed by atoms with Crippen molar-refractivity contribution in [3.8, 4) is 11.1 Å². The Labute approximate surface area is 217 Å². The summed E-state index contributed by atoms with van der Waals surface area (Å²) in [6, 6.07) is 28.0. The monoisotopic (exact) mass is 489 g/mol. The molecule has 2 saturated heterocycles. The van der Waals surface area contributed by atoms with Crippen LogP contribution < -0.4 is 5.32 Å². The van der Waals surface area contributed by atoms with Gasteiger partial charge in [0.2, 0.25) is 0 Å². The third kappa shape index (κ3) is 3.13. The molecule has 4 aromatic carbocycles. The number of rotatable bonds is 3. The van der Waals surface area contributed by atoms with Crippen LogP contribution in [0.15, 0.2) is 72.8 Å². The fraction of sp³-hybridized carbons (Fsp3) is 0.333. The second-order valence-electron chi connectivity index (χ2n) is 11.2. The summed E-state index contributed by atoms with van der Waals surface area (Å²) in [6.07, 6.45) is 3.89. The predicted molar refractivity (Wildman–Crippen MR) is 150 cm³/mol. The standard InChI is InChI=1S/C33H31NOS/c35-17-31-24-4-2-1-3-19(24)5-9-25(31)20-7-11-27-28(13-20)23-15-29(33(27)36-18-23)21-6-10-26-22-8-12-32(34-16-22)30(26)14-21/h1-7,9-11,13-14,22-23,29,32-35H,8,12,15-18H2. The minimum absolute atomic E-state index is 0.0623. The van der Waals surface area contributed by atoms with Gasteiger partial charge in [0, 0.05) is 29.5 Å². The molecule has 4 bridgehead atoms. The molecule has 2 N–H and O–H groups in total. The van der Waals surface area contributed by atoms with E-state index in [0.29, 0.717) is 29.0 Å². The molecular weight excluding hydrogens is 458 g/mol. The molecule has 6 aliphatic rings. The lowest BCUT2D eigenvalue weighted by Gasteiger charge is -2.45. The maximum Gasteiger partial charge on any atom is 0.0693 e. The summed E-state index contributed by atoms with van der Waals surface area (Å²) < 4.78 is 0. The van der Waals surface area contributed by atoms with E-state index in [2.05, 4.69) is 89.9 Å². The smallest absolute Gasteiger partial charge is 0.0693 e. The van der Waals surface area contributed by atoms with Crippen LogP contribution in [0.3, 0.4) is 0 Å². The number of nitrogens with one attached hydrogen (secondary N) is 1. The van der Waals surface area contributed by atoms with Crippen molar-refractivity contribution in [1.82, 2.24) is 5.32 Å². The van der Waals surface area contributed by atoms with Gasteiger partial charge in [-0.3, -0.25) is 0 Å². The van der Waals surface area contributed by atoms with Crippen molar-refractivity contribution in [1.29, 1.82) is 0 Å². The van der Waals surface area contributed by atoms with E-state index in [1.54, 1.807) is 27.8 Å². The normalized spacial score (nSPS) is 27.8. The van der Waals surface area contributed by atoms with E-state index in [1.165, 1.54) is 41.5 Å². The van der Waals surface area contributed by atoms with Crippen molar-refractivity contribution in [2.75, 3.05) is 12.3 Å². The zero-order valence-corrected chi connectivity index (χ0v) is 21.2. The molecule has 4 aliphatic heterocycles. The molecule has 2 fully saturated rings. The molecule has 10 rings (SSSR count). The van der Waals surface area contributed by atoms with Crippen molar-refractivity contribution < 1.29 is 5.11 Å². The van der Waals surface area contributed by atoms with Crippen LogP contribution in [-0.4, -0.2) is 17.4 Å². The highest BCUT2D eigenvalue weighted by Crippen LogP contribution is 2.59. The number of piperidine rings is 1. The summed E-state index contributed by atoms with van der Waals surface area (Å²) in [5, 5.41) is 17.0. The van der Waals surface area contributed by atoms with Crippen LogP contribution in [0.5, 0.6) is 0 Å². The van der Waals surface area contributed by atoms with Gasteiger partial charge < -0.3 is 10.4 Å². The lowest BCUT2D eigenvalue weighted by Crippen LogP contribution is -2.38. The number of benzene rings is 4. The van der Waals surface area contributed by atoms with Crippen molar-refractivity contribution in [3.63, 3.8) is 0 Å². The Kier molecular flexibility index (Phi) is 4.90. The molecule has 2 nitrogen and oxygen atoms in total. The predicted octanol–water partition coefficient (Wildman–Crippen LogP) is 7.58.